The first-order valence-electron chi connectivity index (χ1n) is 8.12. The summed E-state index contributed by atoms with van der Waals surface area (Å²) in [7, 11) is 0. The summed E-state index contributed by atoms with van der Waals surface area (Å²) in [6.07, 6.45) is 0. The number of rotatable bonds is 5. The maximum absolute atomic E-state index is 12.4. The fourth-order valence-corrected chi connectivity index (χ4v) is 4.83. The Morgan fingerprint density at radius 2 is 2.00 bits per heavy atom. The Morgan fingerprint density at radius 3 is 2.67 bits per heavy atom. The number of aromatic nitrogens is 2. The van der Waals surface area contributed by atoms with Crippen molar-refractivity contribution in [1.82, 2.24) is 9.78 Å². The molecule has 1 atom stereocenters. The molecule has 0 aliphatic rings. The van der Waals surface area contributed by atoms with Gasteiger partial charge in [-0.2, -0.15) is 5.26 Å². The number of hydrogen-bond donors (Lipinski definition) is 1. The largest absolute Gasteiger partial charge is 0.325 e. The van der Waals surface area contributed by atoms with E-state index in [1.165, 1.54) is 23.1 Å². The number of anilines is 1. The average molecular weight is 413 g/mol. The lowest BCUT2D eigenvalue weighted by Gasteiger charge is -2.10. The van der Waals surface area contributed by atoms with Crippen LogP contribution in [0, 0.1) is 22.2 Å². The van der Waals surface area contributed by atoms with Gasteiger partial charge in [0.05, 0.1) is 22.6 Å². The first-order valence-corrected chi connectivity index (χ1v) is 10.2. The highest BCUT2D eigenvalue weighted by atomic mass is 32.2. The molecule has 3 aromatic rings. The lowest BCUT2D eigenvalue weighted by Crippen LogP contribution is -2.22. The van der Waals surface area contributed by atoms with E-state index in [4.69, 9.17) is 17.5 Å². The van der Waals surface area contributed by atoms with Crippen LogP contribution in [0.2, 0.25) is 0 Å². The molecule has 27 heavy (non-hydrogen) atoms. The standard InChI is InChI=1S/C19H16N4OS3/c1-12-5-3-4-6-16(12)23-19(25)27-18(22-23)26-13(2)17(24)21-15-9-7-14(11-20)8-10-15/h3-10,13H,1-2H3,(H,21,24)/t13-/m0/s1. The molecule has 1 aromatic heterocycles. The third-order valence-corrected chi connectivity index (χ3v) is 6.22. The topological polar surface area (TPSA) is 70.7 Å². The minimum atomic E-state index is -0.341. The quantitative estimate of drug-likeness (QED) is 0.474. The van der Waals surface area contributed by atoms with Crippen LogP contribution in [0.4, 0.5) is 5.69 Å². The predicted molar refractivity (Wildman–Crippen MR) is 112 cm³/mol. The molecule has 2 aromatic carbocycles. The highest BCUT2D eigenvalue weighted by Crippen LogP contribution is 2.29. The molecular formula is C19H16N4OS3. The van der Waals surface area contributed by atoms with Crippen molar-refractivity contribution in [1.29, 1.82) is 5.26 Å². The first-order chi connectivity index (χ1) is 13.0. The summed E-state index contributed by atoms with van der Waals surface area (Å²) in [4.78, 5) is 12.4. The molecule has 0 unspecified atom stereocenters. The third-order valence-electron chi connectivity index (χ3n) is 3.80. The number of amides is 1. The van der Waals surface area contributed by atoms with Crippen molar-refractivity contribution in [2.24, 2.45) is 0 Å². The van der Waals surface area contributed by atoms with Crippen LogP contribution in [0.15, 0.2) is 52.9 Å². The van der Waals surface area contributed by atoms with Gasteiger partial charge < -0.3 is 5.32 Å². The van der Waals surface area contributed by atoms with E-state index in [2.05, 4.69) is 16.5 Å². The first kappa shape index (κ1) is 19.3. The van der Waals surface area contributed by atoms with E-state index in [0.717, 1.165) is 15.6 Å². The van der Waals surface area contributed by atoms with Crippen LogP contribution in [0.5, 0.6) is 0 Å². The fraction of sp³-hybridized carbons (Fsp3) is 0.158. The molecule has 0 saturated carbocycles. The number of hydrogen-bond acceptors (Lipinski definition) is 6. The lowest BCUT2D eigenvalue weighted by molar-refractivity contribution is -0.115. The maximum atomic E-state index is 12.4. The number of thioether (sulfide) groups is 1. The van der Waals surface area contributed by atoms with Gasteiger partial charge in [-0.15, -0.1) is 5.10 Å². The van der Waals surface area contributed by atoms with Gasteiger partial charge in [0.1, 0.15) is 0 Å². The van der Waals surface area contributed by atoms with E-state index in [-0.39, 0.29) is 11.2 Å². The number of aryl methyl sites for hydroxylation is 1. The molecule has 5 nitrogen and oxygen atoms in total. The second-order valence-corrected chi connectivity index (χ2v) is 8.98. The van der Waals surface area contributed by atoms with Crippen LogP contribution >= 0.6 is 35.3 Å². The Bertz CT molecular complexity index is 1060. The van der Waals surface area contributed by atoms with Gasteiger partial charge in [0.2, 0.25) is 5.91 Å². The Balaban J connectivity index is 1.70. The second kappa shape index (κ2) is 8.48. The van der Waals surface area contributed by atoms with Crippen LogP contribution in [-0.4, -0.2) is 20.9 Å². The van der Waals surface area contributed by atoms with E-state index in [0.29, 0.717) is 15.2 Å². The number of nitrogens with zero attached hydrogens (tertiary/aromatic N) is 3. The molecule has 1 N–H and O–H groups in total. The summed E-state index contributed by atoms with van der Waals surface area (Å²) in [6.45, 7) is 3.84. The van der Waals surface area contributed by atoms with Crippen molar-refractivity contribution >= 4 is 46.9 Å². The Hall–Kier alpha value is -2.47. The van der Waals surface area contributed by atoms with Gasteiger partial charge in [0.25, 0.3) is 0 Å². The van der Waals surface area contributed by atoms with Crippen molar-refractivity contribution in [2.75, 3.05) is 5.32 Å². The van der Waals surface area contributed by atoms with Gasteiger partial charge >= 0.3 is 0 Å². The van der Waals surface area contributed by atoms with Crippen LogP contribution < -0.4 is 5.32 Å². The van der Waals surface area contributed by atoms with E-state index < -0.39 is 0 Å². The van der Waals surface area contributed by atoms with Crippen molar-refractivity contribution in [3.05, 3.63) is 63.6 Å². The number of carbonyl (C=O) groups is 1. The monoisotopic (exact) mass is 412 g/mol. The van der Waals surface area contributed by atoms with Crippen molar-refractivity contribution in [3.8, 4) is 11.8 Å². The van der Waals surface area contributed by atoms with Crippen molar-refractivity contribution in [2.45, 2.75) is 23.4 Å². The molecule has 8 heteroatoms. The molecule has 0 aliphatic heterocycles. The normalized spacial score (nSPS) is 11.6. The summed E-state index contributed by atoms with van der Waals surface area (Å²) in [6, 6.07) is 16.7. The predicted octanol–water partition coefficient (Wildman–Crippen LogP) is 4.96. The SMILES string of the molecule is Cc1ccccc1-n1nc(S[C@@H](C)C(=O)Nc2ccc(C#N)cc2)sc1=S. The van der Waals surface area contributed by atoms with E-state index in [9.17, 15) is 4.79 Å². The van der Waals surface area contributed by atoms with E-state index in [1.54, 1.807) is 28.9 Å². The summed E-state index contributed by atoms with van der Waals surface area (Å²) >= 11 is 8.20. The van der Waals surface area contributed by atoms with Gasteiger partial charge in [0.15, 0.2) is 8.29 Å². The van der Waals surface area contributed by atoms with Crippen LogP contribution in [0.25, 0.3) is 5.69 Å². The molecule has 1 amide bonds. The summed E-state index contributed by atoms with van der Waals surface area (Å²) in [5, 5.41) is 15.9. The van der Waals surface area contributed by atoms with Gasteiger partial charge in [-0.1, -0.05) is 41.3 Å². The van der Waals surface area contributed by atoms with Crippen LogP contribution in [-0.2, 0) is 4.79 Å². The summed E-state index contributed by atoms with van der Waals surface area (Å²) < 4.78 is 3.13. The maximum Gasteiger partial charge on any atom is 0.237 e. The minimum Gasteiger partial charge on any atom is -0.325 e. The van der Waals surface area contributed by atoms with E-state index >= 15 is 0 Å². The minimum absolute atomic E-state index is 0.131. The zero-order valence-electron chi connectivity index (χ0n) is 14.7. The zero-order chi connectivity index (χ0) is 19.4. The molecule has 1 heterocycles. The molecule has 0 saturated heterocycles. The molecule has 136 valence electrons. The number of nitrogens with one attached hydrogen (secondary N) is 1. The molecule has 0 radical (unpaired) electrons. The lowest BCUT2D eigenvalue weighted by atomic mass is 10.2. The van der Waals surface area contributed by atoms with Crippen LogP contribution in [0.1, 0.15) is 18.1 Å². The molecular weight excluding hydrogens is 396 g/mol. The highest BCUT2D eigenvalue weighted by Gasteiger charge is 2.18. The summed E-state index contributed by atoms with van der Waals surface area (Å²) in [5.74, 6) is -0.131. The molecule has 0 aliphatic carbocycles. The van der Waals surface area contributed by atoms with Gasteiger partial charge in [-0.3, -0.25) is 4.79 Å². The Kier molecular flexibility index (Phi) is 6.06. The zero-order valence-corrected chi connectivity index (χ0v) is 17.1. The highest BCUT2D eigenvalue weighted by molar-refractivity contribution is 8.02. The number of para-hydroxylation sites is 1. The second-order valence-electron chi connectivity index (χ2n) is 5.77. The van der Waals surface area contributed by atoms with Gasteiger partial charge in [-0.25, -0.2) is 4.68 Å². The van der Waals surface area contributed by atoms with Crippen molar-refractivity contribution in [3.63, 3.8) is 0 Å². The fourth-order valence-electron chi connectivity index (χ4n) is 2.34. The summed E-state index contributed by atoms with van der Waals surface area (Å²) in [5.41, 5.74) is 3.24. The number of nitriles is 1. The van der Waals surface area contributed by atoms with Crippen molar-refractivity contribution < 1.29 is 4.79 Å². The molecule has 0 fully saturated rings. The molecule has 0 bridgehead atoms. The molecule has 3 rings (SSSR count). The number of benzene rings is 2. The smallest absolute Gasteiger partial charge is 0.237 e. The van der Waals surface area contributed by atoms with Gasteiger partial charge in [-0.05, 0) is 62.0 Å². The average Bonchev–Trinajstić information content (AvgIpc) is 3.02. The number of carbonyl (C=O) groups excluding carboxylic acids is 1. The Labute approximate surface area is 170 Å². The molecule has 0 spiro atoms. The van der Waals surface area contributed by atoms with Gasteiger partial charge in [0, 0.05) is 5.69 Å². The van der Waals surface area contributed by atoms with E-state index in [1.807, 2.05) is 38.1 Å². The third kappa shape index (κ3) is 4.63. The van der Waals surface area contributed by atoms with Crippen LogP contribution in [0.3, 0.4) is 0 Å². The Morgan fingerprint density at radius 1 is 1.30 bits per heavy atom.